The van der Waals surface area contributed by atoms with E-state index in [1.165, 1.54) is 19.4 Å². The lowest BCUT2D eigenvalue weighted by atomic mass is 9.96. The van der Waals surface area contributed by atoms with Gasteiger partial charge >= 0.3 is 0 Å². The molecule has 0 radical (unpaired) electrons. The third kappa shape index (κ3) is 3.00. The molecule has 3 aliphatic heterocycles. The lowest BCUT2D eigenvalue weighted by molar-refractivity contribution is -0.126. The zero-order valence-corrected chi connectivity index (χ0v) is 12.4. The molecule has 3 heterocycles. The summed E-state index contributed by atoms with van der Waals surface area (Å²) in [5.41, 5.74) is 0. The molecule has 4 atom stereocenters. The Morgan fingerprint density at radius 1 is 1.30 bits per heavy atom. The number of fused-ring (bicyclic) bond motifs is 1. The van der Waals surface area contributed by atoms with Crippen LogP contribution in [0.3, 0.4) is 0 Å². The summed E-state index contributed by atoms with van der Waals surface area (Å²) < 4.78 is 5.47. The van der Waals surface area contributed by atoms with Gasteiger partial charge in [-0.3, -0.25) is 4.79 Å². The van der Waals surface area contributed by atoms with Crippen LogP contribution in [-0.4, -0.2) is 61.8 Å². The van der Waals surface area contributed by atoms with Crippen LogP contribution in [0.5, 0.6) is 0 Å². The van der Waals surface area contributed by atoms with Gasteiger partial charge in [0.2, 0.25) is 5.91 Å². The first-order chi connectivity index (χ1) is 9.78. The summed E-state index contributed by atoms with van der Waals surface area (Å²) in [6, 6.07) is 1.26. The van der Waals surface area contributed by atoms with E-state index in [-0.39, 0.29) is 17.9 Å². The Kier molecular flexibility index (Phi) is 4.58. The lowest BCUT2D eigenvalue weighted by Crippen LogP contribution is -2.51. The molecule has 0 saturated carbocycles. The van der Waals surface area contributed by atoms with Crippen molar-refractivity contribution in [2.75, 3.05) is 32.8 Å². The maximum atomic E-state index is 12.4. The van der Waals surface area contributed by atoms with Crippen LogP contribution in [0, 0.1) is 5.92 Å². The number of likely N-dealkylation sites (N-methyl/N-ethyl adjacent to an activating group) is 1. The minimum atomic E-state index is -0.0171. The fourth-order valence-electron chi connectivity index (χ4n) is 3.94. The average molecular weight is 281 g/mol. The molecular formula is C15H27N3O2. The van der Waals surface area contributed by atoms with Crippen LogP contribution in [0.1, 0.15) is 32.6 Å². The van der Waals surface area contributed by atoms with Crippen LogP contribution in [0.2, 0.25) is 0 Å². The maximum absolute atomic E-state index is 12.4. The van der Waals surface area contributed by atoms with Gasteiger partial charge in [-0.25, -0.2) is 0 Å². The second-order valence-corrected chi connectivity index (χ2v) is 6.37. The van der Waals surface area contributed by atoms with E-state index in [0.717, 1.165) is 25.9 Å². The van der Waals surface area contributed by atoms with Crippen molar-refractivity contribution < 1.29 is 9.53 Å². The summed E-state index contributed by atoms with van der Waals surface area (Å²) in [4.78, 5) is 15.0. The van der Waals surface area contributed by atoms with Gasteiger partial charge in [0, 0.05) is 24.7 Å². The molecule has 0 aromatic heterocycles. The normalized spacial score (nSPS) is 37.9. The number of hydrogen-bond acceptors (Lipinski definition) is 4. The van der Waals surface area contributed by atoms with Crippen molar-refractivity contribution in [3.8, 4) is 0 Å². The van der Waals surface area contributed by atoms with Gasteiger partial charge in [-0.15, -0.1) is 0 Å². The highest BCUT2D eigenvalue weighted by molar-refractivity contribution is 5.80. The summed E-state index contributed by atoms with van der Waals surface area (Å²) in [5, 5.41) is 6.63. The Labute approximate surface area is 121 Å². The summed E-state index contributed by atoms with van der Waals surface area (Å²) in [6.45, 7) is 6.58. The van der Waals surface area contributed by atoms with Gasteiger partial charge in [0.1, 0.15) is 0 Å². The van der Waals surface area contributed by atoms with E-state index in [1.807, 2.05) is 0 Å². The molecule has 0 spiro atoms. The van der Waals surface area contributed by atoms with E-state index in [0.29, 0.717) is 25.3 Å². The molecule has 5 nitrogen and oxygen atoms in total. The molecule has 3 rings (SSSR count). The second kappa shape index (κ2) is 6.41. The number of carbonyl (C=O) groups excluding carboxylic acids is 1. The van der Waals surface area contributed by atoms with Crippen molar-refractivity contribution in [2.45, 2.75) is 50.7 Å². The molecule has 4 unspecified atom stereocenters. The van der Waals surface area contributed by atoms with Gasteiger partial charge in [0.25, 0.3) is 0 Å². The molecule has 2 N–H and O–H groups in total. The standard InChI is InChI=1S/C15H27N3O2/c1-2-16-14-10-20-9-13(14)15(19)17-11-5-7-18-6-3-4-12(18)8-11/h11-14,16H,2-10H2,1H3,(H,17,19). The van der Waals surface area contributed by atoms with Gasteiger partial charge in [-0.05, 0) is 38.8 Å². The zero-order chi connectivity index (χ0) is 13.9. The third-order valence-corrected chi connectivity index (χ3v) is 5.05. The highest BCUT2D eigenvalue weighted by atomic mass is 16.5. The first kappa shape index (κ1) is 14.3. The maximum Gasteiger partial charge on any atom is 0.227 e. The Hall–Kier alpha value is -0.650. The quantitative estimate of drug-likeness (QED) is 0.781. The summed E-state index contributed by atoms with van der Waals surface area (Å²) in [5.74, 6) is 0.168. The predicted octanol–water partition coefficient (Wildman–Crippen LogP) is 0.354. The number of hydrogen-bond donors (Lipinski definition) is 2. The summed E-state index contributed by atoms with van der Waals surface area (Å²) >= 11 is 0. The molecule has 1 amide bonds. The van der Waals surface area contributed by atoms with Crippen molar-refractivity contribution in [3.63, 3.8) is 0 Å². The molecule has 0 aliphatic carbocycles. The molecule has 0 aromatic carbocycles. The minimum absolute atomic E-state index is 0.0171. The Bertz CT molecular complexity index is 350. The van der Waals surface area contributed by atoms with E-state index in [2.05, 4.69) is 22.5 Å². The van der Waals surface area contributed by atoms with E-state index >= 15 is 0 Å². The molecule has 20 heavy (non-hydrogen) atoms. The molecule has 5 heteroatoms. The van der Waals surface area contributed by atoms with Crippen LogP contribution < -0.4 is 10.6 Å². The Balaban J connectivity index is 1.51. The second-order valence-electron chi connectivity index (χ2n) is 6.37. The van der Waals surface area contributed by atoms with Crippen LogP contribution >= 0.6 is 0 Å². The fraction of sp³-hybridized carbons (Fsp3) is 0.933. The van der Waals surface area contributed by atoms with Crippen molar-refractivity contribution >= 4 is 5.91 Å². The van der Waals surface area contributed by atoms with E-state index in [1.54, 1.807) is 0 Å². The summed E-state index contributed by atoms with van der Waals surface area (Å²) in [7, 11) is 0. The van der Waals surface area contributed by atoms with Gasteiger partial charge in [0.05, 0.1) is 19.1 Å². The number of nitrogens with zero attached hydrogens (tertiary/aromatic N) is 1. The van der Waals surface area contributed by atoms with E-state index < -0.39 is 0 Å². The number of nitrogens with one attached hydrogen (secondary N) is 2. The third-order valence-electron chi connectivity index (χ3n) is 5.05. The average Bonchev–Trinajstić information content (AvgIpc) is 3.07. The summed E-state index contributed by atoms with van der Waals surface area (Å²) in [6.07, 6.45) is 4.86. The van der Waals surface area contributed by atoms with Crippen molar-refractivity contribution in [2.24, 2.45) is 5.92 Å². The van der Waals surface area contributed by atoms with Crippen molar-refractivity contribution in [1.82, 2.24) is 15.5 Å². The van der Waals surface area contributed by atoms with Crippen molar-refractivity contribution in [1.29, 1.82) is 0 Å². The first-order valence-corrected chi connectivity index (χ1v) is 8.13. The number of ether oxygens (including phenoxy) is 1. The smallest absolute Gasteiger partial charge is 0.227 e. The number of amides is 1. The van der Waals surface area contributed by atoms with Gasteiger partial charge in [-0.2, -0.15) is 0 Å². The molecule has 3 fully saturated rings. The molecule has 0 aromatic rings. The van der Waals surface area contributed by atoms with Gasteiger partial charge < -0.3 is 20.3 Å². The van der Waals surface area contributed by atoms with Crippen molar-refractivity contribution in [3.05, 3.63) is 0 Å². The van der Waals surface area contributed by atoms with Gasteiger partial charge in [-0.1, -0.05) is 6.92 Å². The highest BCUT2D eigenvalue weighted by Gasteiger charge is 2.36. The van der Waals surface area contributed by atoms with Crippen LogP contribution in [0.4, 0.5) is 0 Å². The topological polar surface area (TPSA) is 53.6 Å². The SMILES string of the molecule is CCNC1COCC1C(=O)NC1CCN2CCCC2C1. The molecular weight excluding hydrogens is 254 g/mol. The zero-order valence-electron chi connectivity index (χ0n) is 12.4. The van der Waals surface area contributed by atoms with Gasteiger partial charge in [0.15, 0.2) is 0 Å². The Morgan fingerprint density at radius 3 is 3.05 bits per heavy atom. The Morgan fingerprint density at radius 2 is 2.20 bits per heavy atom. The monoisotopic (exact) mass is 281 g/mol. The van der Waals surface area contributed by atoms with Crippen LogP contribution in [0.15, 0.2) is 0 Å². The molecule has 114 valence electrons. The predicted molar refractivity (Wildman–Crippen MR) is 77.5 cm³/mol. The molecule has 3 aliphatic rings. The minimum Gasteiger partial charge on any atom is -0.379 e. The highest BCUT2D eigenvalue weighted by Crippen LogP contribution is 2.27. The first-order valence-electron chi connectivity index (χ1n) is 8.13. The number of carbonyl (C=O) groups is 1. The lowest BCUT2D eigenvalue weighted by Gasteiger charge is -2.35. The van der Waals surface area contributed by atoms with Crippen LogP contribution in [0.25, 0.3) is 0 Å². The van der Waals surface area contributed by atoms with Crippen LogP contribution in [-0.2, 0) is 9.53 Å². The number of piperidine rings is 1. The molecule has 0 bridgehead atoms. The molecule has 3 saturated heterocycles. The largest absolute Gasteiger partial charge is 0.379 e. The number of rotatable bonds is 4. The fourth-order valence-corrected chi connectivity index (χ4v) is 3.94. The van der Waals surface area contributed by atoms with E-state index in [9.17, 15) is 4.79 Å². The van der Waals surface area contributed by atoms with E-state index in [4.69, 9.17) is 4.74 Å².